The van der Waals surface area contributed by atoms with Gasteiger partial charge < -0.3 is 10.2 Å². The van der Waals surface area contributed by atoms with Crippen molar-refractivity contribution in [1.29, 1.82) is 0 Å². The quantitative estimate of drug-likeness (QED) is 0.819. The average Bonchev–Trinajstić information content (AvgIpc) is 2.53. The lowest BCUT2D eigenvalue weighted by Crippen LogP contribution is -2.32. The molecule has 2 atom stereocenters. The minimum atomic E-state index is 0.306. The van der Waals surface area contributed by atoms with Crippen molar-refractivity contribution in [1.82, 2.24) is 10.2 Å². The first-order valence-corrected chi connectivity index (χ1v) is 8.05. The highest BCUT2D eigenvalue weighted by Crippen LogP contribution is 2.27. The molecule has 1 aliphatic rings. The van der Waals surface area contributed by atoms with Crippen LogP contribution >= 0.6 is 0 Å². The maximum Gasteiger partial charge on any atom is 0.0573 e. The molecule has 0 spiro atoms. The predicted molar refractivity (Wildman–Crippen MR) is 91.4 cm³/mol. The van der Waals surface area contributed by atoms with Crippen LogP contribution in [0.25, 0.3) is 0 Å². The Kier molecular flexibility index (Phi) is 6.21. The second-order valence-electron chi connectivity index (χ2n) is 5.97. The van der Waals surface area contributed by atoms with Gasteiger partial charge in [-0.2, -0.15) is 0 Å². The van der Waals surface area contributed by atoms with E-state index in [-0.39, 0.29) is 0 Å². The highest BCUT2D eigenvalue weighted by atomic mass is 15.1. The summed E-state index contributed by atoms with van der Waals surface area (Å²) in [4.78, 5) is 2.34. The van der Waals surface area contributed by atoms with E-state index in [1.54, 1.807) is 0 Å². The van der Waals surface area contributed by atoms with Crippen molar-refractivity contribution in [3.63, 3.8) is 0 Å². The molecule has 1 aromatic carbocycles. The Balaban J connectivity index is 2.06. The molecule has 0 heterocycles. The van der Waals surface area contributed by atoms with Crippen LogP contribution < -0.4 is 5.32 Å². The Bertz CT molecular complexity index is 476. The van der Waals surface area contributed by atoms with E-state index < -0.39 is 0 Å². The molecule has 0 aromatic heterocycles. The molecule has 0 saturated carbocycles. The molecule has 21 heavy (non-hydrogen) atoms. The van der Waals surface area contributed by atoms with Crippen LogP contribution in [0.3, 0.4) is 0 Å². The average molecular weight is 284 g/mol. The van der Waals surface area contributed by atoms with Crippen LogP contribution in [-0.4, -0.2) is 31.6 Å². The molecule has 0 radical (unpaired) electrons. The number of nitrogens with one attached hydrogen (secondary N) is 1. The lowest BCUT2D eigenvalue weighted by Gasteiger charge is -2.25. The Labute approximate surface area is 129 Å². The summed E-state index contributed by atoms with van der Waals surface area (Å²) in [6.45, 7) is 7.64. The lowest BCUT2D eigenvalue weighted by atomic mass is 9.91. The maximum absolute atomic E-state index is 3.72. The van der Waals surface area contributed by atoms with E-state index in [4.69, 9.17) is 0 Å². The first-order chi connectivity index (χ1) is 10.2. The van der Waals surface area contributed by atoms with Crippen LogP contribution in [-0.2, 0) is 0 Å². The molecule has 0 fully saturated rings. The molecular weight excluding hydrogens is 256 g/mol. The normalized spacial score (nSPS) is 19.6. The number of likely N-dealkylation sites (N-methyl/N-ethyl adjacent to an activating group) is 1. The fourth-order valence-electron chi connectivity index (χ4n) is 2.59. The number of hydrogen-bond acceptors (Lipinski definition) is 2. The monoisotopic (exact) mass is 284 g/mol. The molecule has 0 saturated heterocycles. The third kappa shape index (κ3) is 4.83. The predicted octanol–water partition coefficient (Wildman–Crippen LogP) is 3.79. The van der Waals surface area contributed by atoms with Gasteiger partial charge in [-0.25, -0.2) is 0 Å². The molecular formula is C19H28N2. The summed E-state index contributed by atoms with van der Waals surface area (Å²) in [6, 6.07) is 11.1. The molecule has 0 aliphatic heterocycles. The number of benzene rings is 1. The molecule has 2 nitrogen and oxygen atoms in total. The van der Waals surface area contributed by atoms with Gasteiger partial charge in [0.15, 0.2) is 0 Å². The van der Waals surface area contributed by atoms with E-state index in [9.17, 15) is 0 Å². The van der Waals surface area contributed by atoms with Crippen molar-refractivity contribution < 1.29 is 0 Å². The van der Waals surface area contributed by atoms with Crippen molar-refractivity contribution >= 4 is 0 Å². The summed E-state index contributed by atoms with van der Waals surface area (Å²) >= 11 is 0. The van der Waals surface area contributed by atoms with Crippen LogP contribution in [0.4, 0.5) is 0 Å². The van der Waals surface area contributed by atoms with Gasteiger partial charge in [-0.15, -0.1) is 0 Å². The first kappa shape index (κ1) is 16.0. The smallest absolute Gasteiger partial charge is 0.0573 e. The standard InChI is InChI=1S/C19H28N2/c1-4-21(3)15-14-20-19(17-8-6-5-7-9-17)18-12-10-16(2)11-13-18/h5-10,12-13,16,19-20H,4,11,14-15H2,1-3H3. The molecule has 1 aliphatic carbocycles. The van der Waals surface area contributed by atoms with Crippen LogP contribution in [0, 0.1) is 5.92 Å². The number of rotatable bonds is 7. The zero-order valence-corrected chi connectivity index (χ0v) is 13.5. The molecule has 2 rings (SSSR count). The van der Waals surface area contributed by atoms with Crippen LogP contribution in [0.5, 0.6) is 0 Å². The van der Waals surface area contributed by atoms with Gasteiger partial charge >= 0.3 is 0 Å². The van der Waals surface area contributed by atoms with Crippen LogP contribution in [0.2, 0.25) is 0 Å². The number of hydrogen-bond donors (Lipinski definition) is 1. The molecule has 1 aromatic rings. The Hall–Kier alpha value is -1.38. The molecule has 114 valence electrons. The van der Waals surface area contributed by atoms with E-state index in [0.717, 1.165) is 26.1 Å². The van der Waals surface area contributed by atoms with Gasteiger partial charge in [-0.3, -0.25) is 0 Å². The van der Waals surface area contributed by atoms with Crippen molar-refractivity contribution in [2.45, 2.75) is 26.3 Å². The van der Waals surface area contributed by atoms with E-state index in [2.05, 4.69) is 79.7 Å². The van der Waals surface area contributed by atoms with Crippen molar-refractivity contribution in [3.8, 4) is 0 Å². The number of nitrogens with zero attached hydrogens (tertiary/aromatic N) is 1. The summed E-state index contributed by atoms with van der Waals surface area (Å²) in [7, 11) is 2.17. The van der Waals surface area contributed by atoms with Crippen molar-refractivity contribution in [3.05, 3.63) is 59.7 Å². The molecule has 2 heteroatoms. The summed E-state index contributed by atoms with van der Waals surface area (Å²) in [5.74, 6) is 0.663. The first-order valence-electron chi connectivity index (χ1n) is 8.05. The topological polar surface area (TPSA) is 15.3 Å². The lowest BCUT2D eigenvalue weighted by molar-refractivity contribution is 0.344. The molecule has 2 unspecified atom stereocenters. The minimum absolute atomic E-state index is 0.306. The maximum atomic E-state index is 3.72. The fourth-order valence-corrected chi connectivity index (χ4v) is 2.59. The second kappa shape index (κ2) is 8.16. The molecule has 0 bridgehead atoms. The highest BCUT2D eigenvalue weighted by Gasteiger charge is 2.16. The summed E-state index contributed by atoms with van der Waals surface area (Å²) in [6.07, 6.45) is 8.15. The van der Waals surface area contributed by atoms with Gasteiger partial charge in [0.1, 0.15) is 0 Å². The van der Waals surface area contributed by atoms with Crippen molar-refractivity contribution in [2.24, 2.45) is 5.92 Å². The summed E-state index contributed by atoms with van der Waals surface area (Å²) in [5.41, 5.74) is 2.75. The third-order valence-corrected chi connectivity index (χ3v) is 4.19. The zero-order valence-electron chi connectivity index (χ0n) is 13.5. The zero-order chi connectivity index (χ0) is 15.1. The fraction of sp³-hybridized carbons (Fsp3) is 0.474. The third-order valence-electron chi connectivity index (χ3n) is 4.19. The van der Waals surface area contributed by atoms with Crippen LogP contribution in [0.15, 0.2) is 54.1 Å². The Morgan fingerprint density at radius 3 is 2.67 bits per heavy atom. The largest absolute Gasteiger partial charge is 0.305 e. The highest BCUT2D eigenvalue weighted by molar-refractivity contribution is 5.36. The van der Waals surface area contributed by atoms with Gasteiger partial charge in [-0.05, 0) is 37.1 Å². The second-order valence-corrected chi connectivity index (χ2v) is 5.97. The van der Waals surface area contributed by atoms with Gasteiger partial charge in [-0.1, -0.05) is 62.4 Å². The number of allylic oxidation sites excluding steroid dienone is 2. The van der Waals surface area contributed by atoms with E-state index in [1.807, 2.05) is 0 Å². The Morgan fingerprint density at radius 2 is 2.05 bits per heavy atom. The van der Waals surface area contributed by atoms with E-state index in [0.29, 0.717) is 12.0 Å². The minimum Gasteiger partial charge on any atom is -0.305 e. The van der Waals surface area contributed by atoms with Crippen molar-refractivity contribution in [2.75, 3.05) is 26.7 Å². The van der Waals surface area contributed by atoms with Crippen LogP contribution in [0.1, 0.15) is 31.9 Å². The van der Waals surface area contributed by atoms with Gasteiger partial charge in [0, 0.05) is 13.1 Å². The van der Waals surface area contributed by atoms with Gasteiger partial charge in [0.25, 0.3) is 0 Å². The molecule has 0 amide bonds. The van der Waals surface area contributed by atoms with Gasteiger partial charge in [0.05, 0.1) is 6.04 Å². The van der Waals surface area contributed by atoms with E-state index in [1.165, 1.54) is 11.1 Å². The Morgan fingerprint density at radius 1 is 1.29 bits per heavy atom. The van der Waals surface area contributed by atoms with E-state index >= 15 is 0 Å². The summed E-state index contributed by atoms with van der Waals surface area (Å²) in [5, 5.41) is 3.72. The summed E-state index contributed by atoms with van der Waals surface area (Å²) < 4.78 is 0. The van der Waals surface area contributed by atoms with Gasteiger partial charge in [0.2, 0.25) is 0 Å². The molecule has 1 N–H and O–H groups in total. The SMILES string of the molecule is CCN(C)CCNC(C1=CCC(C)C=C1)c1ccccc1.